The number of rotatable bonds is 3. The van der Waals surface area contributed by atoms with Crippen molar-refractivity contribution in [2.24, 2.45) is 10.9 Å². The van der Waals surface area contributed by atoms with E-state index in [2.05, 4.69) is 152 Å². The second-order valence-electron chi connectivity index (χ2n) is 12.4. The van der Waals surface area contributed by atoms with E-state index in [0.717, 1.165) is 47.1 Å². The van der Waals surface area contributed by atoms with Crippen LogP contribution in [0.2, 0.25) is 0 Å². The highest BCUT2D eigenvalue weighted by molar-refractivity contribution is 6.21. The molecule has 6 aromatic carbocycles. The largest absolute Gasteiger partial charge is 0.252 e. The number of fused-ring (bicyclic) bond motifs is 6. The van der Waals surface area contributed by atoms with Crippen molar-refractivity contribution in [1.82, 2.24) is 4.98 Å². The van der Waals surface area contributed by atoms with Gasteiger partial charge in [-0.1, -0.05) is 140 Å². The molecule has 1 aliphatic heterocycles. The van der Waals surface area contributed by atoms with Crippen LogP contribution < -0.4 is 0 Å². The maximum Gasteiger partial charge on any atom is 0.0781 e. The smallest absolute Gasteiger partial charge is 0.0781 e. The summed E-state index contributed by atoms with van der Waals surface area (Å²) in [4.78, 5) is 10.6. The van der Waals surface area contributed by atoms with Crippen LogP contribution in [0.15, 0.2) is 157 Å². The first kappa shape index (κ1) is 26.8. The van der Waals surface area contributed by atoms with E-state index in [1.54, 1.807) is 0 Å². The summed E-state index contributed by atoms with van der Waals surface area (Å²) in [5.74, 6) is 0.399. The van der Waals surface area contributed by atoms with Crippen molar-refractivity contribution in [3.63, 3.8) is 0 Å². The van der Waals surface area contributed by atoms with Crippen LogP contribution in [0.1, 0.15) is 18.4 Å². The highest BCUT2D eigenvalue weighted by Crippen LogP contribution is 2.45. The fraction of sp³-hybridized carbons (Fsp3) is 0.0909. The van der Waals surface area contributed by atoms with Crippen LogP contribution in [0, 0.1) is 5.92 Å². The Labute approximate surface area is 269 Å². The van der Waals surface area contributed by atoms with Gasteiger partial charge in [0.25, 0.3) is 0 Å². The van der Waals surface area contributed by atoms with Crippen LogP contribution in [0.4, 0.5) is 5.69 Å². The summed E-state index contributed by atoms with van der Waals surface area (Å²) in [7, 11) is 0. The van der Waals surface area contributed by atoms with Gasteiger partial charge >= 0.3 is 0 Å². The summed E-state index contributed by atoms with van der Waals surface area (Å²) < 4.78 is 0. The number of hydrogen-bond acceptors (Lipinski definition) is 2. The predicted molar refractivity (Wildman–Crippen MR) is 195 cm³/mol. The van der Waals surface area contributed by atoms with Gasteiger partial charge in [0.1, 0.15) is 0 Å². The molecule has 0 N–H and O–H groups in total. The van der Waals surface area contributed by atoms with E-state index < -0.39 is 0 Å². The normalized spacial score (nSPS) is 17.1. The lowest BCUT2D eigenvalue weighted by Gasteiger charge is -2.26. The zero-order chi connectivity index (χ0) is 30.5. The molecule has 7 aromatic rings. The predicted octanol–water partition coefficient (Wildman–Crippen LogP) is 11.7. The van der Waals surface area contributed by atoms with Gasteiger partial charge in [-0.25, -0.2) is 4.98 Å². The second kappa shape index (κ2) is 11.1. The first-order chi connectivity index (χ1) is 22.8. The molecule has 1 aliphatic carbocycles. The van der Waals surface area contributed by atoms with Gasteiger partial charge in [-0.3, -0.25) is 4.99 Å². The maximum absolute atomic E-state index is 5.31. The van der Waals surface area contributed by atoms with Crippen LogP contribution >= 0.6 is 0 Å². The van der Waals surface area contributed by atoms with E-state index in [1.165, 1.54) is 55.1 Å². The molecular weight excluding hydrogens is 556 g/mol. The van der Waals surface area contributed by atoms with Gasteiger partial charge in [0.15, 0.2) is 0 Å². The SMILES string of the molecule is C1=C\CCC2Cc3c(-c4ccc(-c5c6ccccc6c(-c6ccccc6)c6ccccc56)cc4)nc4ccccc4c3N=C2\C=C/1. The Morgan fingerprint density at radius 1 is 0.522 bits per heavy atom. The lowest BCUT2D eigenvalue weighted by atomic mass is 9.83. The Morgan fingerprint density at radius 3 is 1.76 bits per heavy atom. The van der Waals surface area contributed by atoms with Crippen molar-refractivity contribution >= 4 is 43.8 Å². The van der Waals surface area contributed by atoms with E-state index in [4.69, 9.17) is 9.98 Å². The Hall–Kier alpha value is -5.60. The average molecular weight is 589 g/mol. The third kappa shape index (κ3) is 4.41. The molecule has 2 nitrogen and oxygen atoms in total. The summed E-state index contributed by atoms with van der Waals surface area (Å²) in [5.41, 5.74) is 11.7. The van der Waals surface area contributed by atoms with Crippen LogP contribution in [0.5, 0.6) is 0 Å². The molecule has 0 saturated carbocycles. The first-order valence-electron chi connectivity index (χ1n) is 16.3. The number of hydrogen-bond donors (Lipinski definition) is 0. The van der Waals surface area contributed by atoms with Gasteiger partial charge in [-0.15, -0.1) is 0 Å². The second-order valence-corrected chi connectivity index (χ2v) is 12.4. The van der Waals surface area contributed by atoms with Crippen molar-refractivity contribution in [2.45, 2.75) is 19.3 Å². The fourth-order valence-corrected chi connectivity index (χ4v) is 7.56. The Balaban J connectivity index is 1.23. The Morgan fingerprint density at radius 2 is 1.09 bits per heavy atom. The highest BCUT2D eigenvalue weighted by Gasteiger charge is 2.27. The number of benzene rings is 6. The fourth-order valence-electron chi connectivity index (χ4n) is 7.56. The lowest BCUT2D eigenvalue weighted by molar-refractivity contribution is 0.624. The molecule has 2 heterocycles. The summed E-state index contributed by atoms with van der Waals surface area (Å²) in [6.07, 6.45) is 11.9. The Kier molecular flexibility index (Phi) is 6.45. The van der Waals surface area contributed by atoms with Gasteiger partial charge in [0, 0.05) is 28.1 Å². The maximum atomic E-state index is 5.31. The molecule has 1 atom stereocenters. The van der Waals surface area contributed by atoms with E-state index in [0.29, 0.717) is 5.92 Å². The van der Waals surface area contributed by atoms with E-state index in [9.17, 15) is 0 Å². The van der Waals surface area contributed by atoms with Crippen LogP contribution in [0.3, 0.4) is 0 Å². The van der Waals surface area contributed by atoms with Gasteiger partial charge in [0.05, 0.1) is 16.9 Å². The molecule has 0 spiro atoms. The van der Waals surface area contributed by atoms with Crippen molar-refractivity contribution in [1.29, 1.82) is 0 Å². The van der Waals surface area contributed by atoms with E-state index >= 15 is 0 Å². The van der Waals surface area contributed by atoms with Crippen molar-refractivity contribution in [3.05, 3.63) is 157 Å². The molecule has 0 amide bonds. The van der Waals surface area contributed by atoms with Crippen LogP contribution in [-0.2, 0) is 6.42 Å². The minimum absolute atomic E-state index is 0.399. The zero-order valence-electron chi connectivity index (χ0n) is 25.5. The van der Waals surface area contributed by atoms with Crippen molar-refractivity contribution < 1.29 is 0 Å². The van der Waals surface area contributed by atoms with E-state index in [1.807, 2.05) is 0 Å². The standard InChI is InChI=1S/C44H32N2/c1-2-7-22-39-32(16-4-1)28-38-43(46-40-23-13-12-21-37(40)44(38)45-39)31-26-24-30(25-27-31)42-35-19-10-8-17-33(35)41(29-14-5-3-6-15-29)34-18-9-11-20-36(34)42/h1-3,5-15,17-27,32H,4,16,28H2/b2-1-,22-7-. The van der Waals surface area contributed by atoms with Crippen LogP contribution in [-0.4, -0.2) is 10.7 Å². The molecule has 1 unspecified atom stereocenters. The summed E-state index contributed by atoms with van der Waals surface area (Å²) in [6, 6.07) is 46.0. The average Bonchev–Trinajstić information content (AvgIpc) is 3.10. The third-order valence-corrected chi connectivity index (χ3v) is 9.71. The molecule has 0 radical (unpaired) electrons. The number of nitrogens with zero attached hydrogens (tertiary/aromatic N) is 2. The number of pyridine rings is 1. The molecular formula is C44H32N2. The quantitative estimate of drug-likeness (QED) is 0.189. The first-order valence-corrected chi connectivity index (χ1v) is 16.3. The highest BCUT2D eigenvalue weighted by atomic mass is 14.8. The third-order valence-electron chi connectivity index (χ3n) is 9.71. The minimum atomic E-state index is 0.399. The Bertz CT molecular complexity index is 2320. The molecule has 0 fully saturated rings. The minimum Gasteiger partial charge on any atom is -0.252 e. The molecule has 0 saturated heterocycles. The molecule has 0 bridgehead atoms. The molecule has 218 valence electrons. The topological polar surface area (TPSA) is 25.2 Å². The van der Waals surface area contributed by atoms with Crippen molar-refractivity contribution in [3.8, 4) is 33.5 Å². The van der Waals surface area contributed by atoms with Gasteiger partial charge in [-0.2, -0.15) is 0 Å². The monoisotopic (exact) mass is 588 g/mol. The summed E-state index contributed by atoms with van der Waals surface area (Å²) >= 11 is 0. The molecule has 1 aromatic heterocycles. The number of aromatic nitrogens is 1. The van der Waals surface area contributed by atoms with Gasteiger partial charge in [-0.05, 0) is 75.2 Å². The van der Waals surface area contributed by atoms with E-state index in [-0.39, 0.29) is 0 Å². The van der Waals surface area contributed by atoms with Crippen molar-refractivity contribution in [2.75, 3.05) is 0 Å². The van der Waals surface area contributed by atoms with Crippen LogP contribution in [0.25, 0.3) is 66.0 Å². The number of para-hydroxylation sites is 1. The van der Waals surface area contributed by atoms with Gasteiger partial charge < -0.3 is 0 Å². The lowest BCUT2D eigenvalue weighted by Crippen LogP contribution is -2.20. The number of aliphatic imine (C=N–C) groups is 1. The molecule has 2 heteroatoms. The molecule has 2 aliphatic rings. The summed E-state index contributed by atoms with van der Waals surface area (Å²) in [6.45, 7) is 0. The molecule has 46 heavy (non-hydrogen) atoms. The number of allylic oxidation sites excluding steroid dienone is 4. The zero-order valence-corrected chi connectivity index (χ0v) is 25.5. The van der Waals surface area contributed by atoms with Gasteiger partial charge in [0.2, 0.25) is 0 Å². The molecule has 9 rings (SSSR count). The summed E-state index contributed by atoms with van der Waals surface area (Å²) in [5, 5.41) is 6.21.